The van der Waals surface area contributed by atoms with Gasteiger partial charge in [-0.15, -0.1) is 0 Å². The van der Waals surface area contributed by atoms with Gasteiger partial charge < -0.3 is 15.4 Å². The van der Waals surface area contributed by atoms with Gasteiger partial charge in [0.15, 0.2) is 0 Å². The average Bonchev–Trinajstić information content (AvgIpc) is 3.57. The molecule has 2 amide bonds. The van der Waals surface area contributed by atoms with Crippen molar-refractivity contribution in [3.8, 4) is 5.75 Å². The van der Waals surface area contributed by atoms with Crippen molar-refractivity contribution < 1.29 is 14.3 Å². The van der Waals surface area contributed by atoms with Gasteiger partial charge in [-0.3, -0.25) is 14.5 Å². The summed E-state index contributed by atoms with van der Waals surface area (Å²) < 4.78 is 5.26. The fraction of sp³-hybridized carbons (Fsp3) is 0.417. The second-order valence-electron chi connectivity index (χ2n) is 8.16. The van der Waals surface area contributed by atoms with Crippen LogP contribution in [0.1, 0.15) is 43.5 Å². The molecular formula is C24H31N3O3. The highest BCUT2D eigenvalue weighted by Crippen LogP contribution is 2.27. The molecule has 1 fully saturated rings. The topological polar surface area (TPSA) is 70.7 Å². The summed E-state index contributed by atoms with van der Waals surface area (Å²) in [5.41, 5.74) is 1.81. The van der Waals surface area contributed by atoms with Crippen LogP contribution >= 0.6 is 0 Å². The highest BCUT2D eigenvalue weighted by molar-refractivity contribution is 6.05. The lowest BCUT2D eigenvalue weighted by Crippen LogP contribution is -2.36. The van der Waals surface area contributed by atoms with Gasteiger partial charge in [0.1, 0.15) is 5.75 Å². The predicted octanol–water partition coefficient (Wildman–Crippen LogP) is 4.40. The third kappa shape index (κ3) is 6.32. The minimum absolute atomic E-state index is 0.0168. The van der Waals surface area contributed by atoms with Gasteiger partial charge in [-0.1, -0.05) is 26.0 Å². The van der Waals surface area contributed by atoms with Crippen molar-refractivity contribution in [3.63, 3.8) is 0 Å². The molecule has 0 bridgehead atoms. The van der Waals surface area contributed by atoms with Crippen molar-refractivity contribution in [3.05, 3.63) is 54.1 Å². The van der Waals surface area contributed by atoms with Crippen LogP contribution in [0.25, 0.3) is 0 Å². The van der Waals surface area contributed by atoms with E-state index in [1.165, 1.54) is 12.8 Å². The number of nitrogens with one attached hydrogen (secondary N) is 2. The Labute approximate surface area is 178 Å². The van der Waals surface area contributed by atoms with Crippen LogP contribution in [0, 0.1) is 5.92 Å². The monoisotopic (exact) mass is 409 g/mol. The Morgan fingerprint density at radius 3 is 2.40 bits per heavy atom. The lowest BCUT2D eigenvalue weighted by molar-refractivity contribution is -0.117. The number of hydrogen-bond donors (Lipinski definition) is 2. The number of anilines is 2. The van der Waals surface area contributed by atoms with Crippen LogP contribution in [-0.2, 0) is 4.79 Å². The number of rotatable bonds is 10. The van der Waals surface area contributed by atoms with E-state index < -0.39 is 0 Å². The Morgan fingerprint density at radius 1 is 1.07 bits per heavy atom. The van der Waals surface area contributed by atoms with E-state index in [0.29, 0.717) is 41.2 Å². The minimum Gasteiger partial charge on any atom is -0.495 e. The van der Waals surface area contributed by atoms with E-state index in [2.05, 4.69) is 29.4 Å². The highest BCUT2D eigenvalue weighted by atomic mass is 16.5. The summed E-state index contributed by atoms with van der Waals surface area (Å²) in [6, 6.07) is 14.7. The number of hydrogen-bond acceptors (Lipinski definition) is 4. The summed E-state index contributed by atoms with van der Waals surface area (Å²) >= 11 is 0. The van der Waals surface area contributed by atoms with Gasteiger partial charge in [0.2, 0.25) is 5.91 Å². The van der Waals surface area contributed by atoms with Gasteiger partial charge >= 0.3 is 0 Å². The van der Waals surface area contributed by atoms with Gasteiger partial charge in [-0.25, -0.2) is 0 Å². The molecule has 2 aromatic carbocycles. The number of carbonyl (C=O) groups excluding carboxylic acids is 2. The summed E-state index contributed by atoms with van der Waals surface area (Å²) in [5, 5.41) is 5.79. The normalized spacial score (nSPS) is 13.4. The maximum atomic E-state index is 12.5. The van der Waals surface area contributed by atoms with E-state index in [4.69, 9.17) is 4.74 Å². The largest absolute Gasteiger partial charge is 0.495 e. The number of nitrogens with zero attached hydrogens (tertiary/aromatic N) is 1. The third-order valence-corrected chi connectivity index (χ3v) is 5.19. The summed E-state index contributed by atoms with van der Waals surface area (Å²) in [4.78, 5) is 27.3. The first kappa shape index (κ1) is 21.8. The molecule has 6 heteroatoms. The van der Waals surface area contributed by atoms with Gasteiger partial charge in [0.25, 0.3) is 5.91 Å². The first-order chi connectivity index (χ1) is 14.5. The summed E-state index contributed by atoms with van der Waals surface area (Å²) in [7, 11) is 1.57. The fourth-order valence-corrected chi connectivity index (χ4v) is 3.29. The molecular weight excluding hydrogens is 378 g/mol. The molecule has 1 aliphatic carbocycles. The molecule has 0 radical (unpaired) electrons. The Kier molecular flexibility index (Phi) is 7.46. The van der Waals surface area contributed by atoms with Crippen molar-refractivity contribution in [1.82, 2.24) is 4.90 Å². The second-order valence-corrected chi connectivity index (χ2v) is 8.16. The average molecular weight is 410 g/mol. The number of carbonyl (C=O) groups is 2. The standard InChI is InChI=1S/C24H31N3O3/c1-17(2)14-15-27(20-12-13-20)16-23(28)25-19-10-8-18(9-11-19)24(29)26-21-6-4-5-7-22(21)30-3/h4-11,17,20H,12-16H2,1-3H3,(H,25,28)(H,26,29). The van der Waals surface area contributed by atoms with Crippen LogP contribution < -0.4 is 15.4 Å². The van der Waals surface area contributed by atoms with Crippen molar-refractivity contribution >= 4 is 23.2 Å². The SMILES string of the molecule is COc1ccccc1NC(=O)c1ccc(NC(=O)CN(CCC(C)C)C2CC2)cc1. The van der Waals surface area contributed by atoms with Crippen LogP contribution in [0.2, 0.25) is 0 Å². The molecule has 160 valence electrons. The van der Waals surface area contributed by atoms with Gasteiger partial charge in [0.05, 0.1) is 19.3 Å². The molecule has 0 heterocycles. The van der Waals surface area contributed by atoms with Crippen LogP contribution in [0.3, 0.4) is 0 Å². The van der Waals surface area contributed by atoms with E-state index in [1.807, 2.05) is 12.1 Å². The van der Waals surface area contributed by atoms with Crippen LogP contribution in [-0.4, -0.2) is 43.0 Å². The van der Waals surface area contributed by atoms with Crippen molar-refractivity contribution in [2.24, 2.45) is 5.92 Å². The number of ether oxygens (including phenoxy) is 1. The van der Waals surface area contributed by atoms with Crippen LogP contribution in [0.4, 0.5) is 11.4 Å². The molecule has 1 aliphatic rings. The zero-order valence-electron chi connectivity index (χ0n) is 18.0. The number of benzene rings is 2. The molecule has 2 N–H and O–H groups in total. The quantitative estimate of drug-likeness (QED) is 0.610. The maximum absolute atomic E-state index is 12.5. The molecule has 1 saturated carbocycles. The molecule has 0 spiro atoms. The second kappa shape index (κ2) is 10.3. The lowest BCUT2D eigenvalue weighted by Gasteiger charge is -2.22. The Bertz CT molecular complexity index is 860. The van der Waals surface area contributed by atoms with E-state index >= 15 is 0 Å². The predicted molar refractivity (Wildman–Crippen MR) is 120 cm³/mol. The Morgan fingerprint density at radius 2 is 1.77 bits per heavy atom. The molecule has 0 aliphatic heterocycles. The molecule has 0 atom stereocenters. The summed E-state index contributed by atoms with van der Waals surface area (Å²) in [6.07, 6.45) is 3.46. The van der Waals surface area contributed by atoms with E-state index in [9.17, 15) is 9.59 Å². The first-order valence-electron chi connectivity index (χ1n) is 10.5. The molecule has 0 saturated heterocycles. The molecule has 0 unspecified atom stereocenters. The first-order valence-corrected chi connectivity index (χ1v) is 10.5. The molecule has 6 nitrogen and oxygen atoms in total. The van der Waals surface area contributed by atoms with Gasteiger partial charge in [0, 0.05) is 17.3 Å². The van der Waals surface area contributed by atoms with Crippen LogP contribution in [0.5, 0.6) is 5.75 Å². The van der Waals surface area contributed by atoms with Gasteiger partial charge in [-0.2, -0.15) is 0 Å². The zero-order valence-corrected chi connectivity index (χ0v) is 18.0. The van der Waals surface area contributed by atoms with Crippen molar-refractivity contribution in [2.45, 2.75) is 39.2 Å². The van der Waals surface area contributed by atoms with Crippen molar-refractivity contribution in [2.75, 3.05) is 30.8 Å². The van der Waals surface area contributed by atoms with E-state index in [1.54, 1.807) is 43.5 Å². The number of methoxy groups -OCH3 is 1. The minimum atomic E-state index is -0.231. The van der Waals surface area contributed by atoms with Crippen molar-refractivity contribution in [1.29, 1.82) is 0 Å². The molecule has 3 rings (SSSR count). The lowest BCUT2D eigenvalue weighted by atomic mass is 10.1. The Hall–Kier alpha value is -2.86. The molecule has 2 aromatic rings. The van der Waals surface area contributed by atoms with Gasteiger partial charge in [-0.05, 0) is 68.1 Å². The zero-order chi connectivity index (χ0) is 21.5. The van der Waals surface area contributed by atoms with Crippen LogP contribution in [0.15, 0.2) is 48.5 Å². The Balaban J connectivity index is 1.54. The third-order valence-electron chi connectivity index (χ3n) is 5.19. The maximum Gasteiger partial charge on any atom is 0.255 e. The fourth-order valence-electron chi connectivity index (χ4n) is 3.29. The smallest absolute Gasteiger partial charge is 0.255 e. The highest BCUT2D eigenvalue weighted by Gasteiger charge is 2.30. The molecule has 30 heavy (non-hydrogen) atoms. The number of para-hydroxylation sites is 2. The van der Waals surface area contributed by atoms with E-state index in [-0.39, 0.29) is 11.8 Å². The molecule has 0 aromatic heterocycles. The summed E-state index contributed by atoms with van der Waals surface area (Å²) in [5.74, 6) is 0.985. The van der Waals surface area contributed by atoms with E-state index in [0.717, 1.165) is 13.0 Å². The summed E-state index contributed by atoms with van der Waals surface area (Å²) in [6.45, 7) is 5.78. The number of amides is 2.